The highest BCUT2D eigenvalue weighted by Gasteiger charge is 2.35. The molecule has 0 N–H and O–H groups in total. The summed E-state index contributed by atoms with van der Waals surface area (Å²) in [7, 11) is -3.68. The molecule has 4 rings (SSSR count). The van der Waals surface area contributed by atoms with E-state index in [1.54, 1.807) is 28.0 Å². The van der Waals surface area contributed by atoms with Crippen LogP contribution in [-0.2, 0) is 19.6 Å². The Labute approximate surface area is 173 Å². The molecule has 2 amide bonds. The van der Waals surface area contributed by atoms with Crippen LogP contribution in [0.15, 0.2) is 23.1 Å². The van der Waals surface area contributed by atoms with Gasteiger partial charge in [0.2, 0.25) is 21.8 Å². The Morgan fingerprint density at radius 2 is 1.66 bits per heavy atom. The second kappa shape index (κ2) is 7.96. The fourth-order valence-corrected chi connectivity index (χ4v) is 6.19. The van der Waals surface area contributed by atoms with Crippen LogP contribution in [0.5, 0.6) is 0 Å². The van der Waals surface area contributed by atoms with Gasteiger partial charge in [-0.2, -0.15) is 13.1 Å². The largest absolute Gasteiger partial charge is 0.339 e. The molecule has 1 aromatic heterocycles. The van der Waals surface area contributed by atoms with Crippen molar-refractivity contribution in [1.82, 2.24) is 22.9 Å². The summed E-state index contributed by atoms with van der Waals surface area (Å²) in [6.07, 6.45) is 0.993. The number of carbonyl (C=O) groups is 2. The maximum atomic E-state index is 13.1. The summed E-state index contributed by atoms with van der Waals surface area (Å²) in [5.74, 6) is -0.0842. The average Bonchev–Trinajstić information content (AvgIpc) is 3.22. The summed E-state index contributed by atoms with van der Waals surface area (Å²) < 4.78 is 35.9. The first-order chi connectivity index (χ1) is 13.9. The molecule has 9 nitrogen and oxygen atoms in total. The zero-order chi connectivity index (χ0) is 20.6. The molecule has 2 aromatic rings. The van der Waals surface area contributed by atoms with Crippen LogP contribution in [0.25, 0.3) is 11.0 Å². The summed E-state index contributed by atoms with van der Waals surface area (Å²) in [5, 5.41) is 0. The molecule has 0 atom stereocenters. The standard InChI is InChI=1S/C18H23N5O4S2/c1-13(24)21-9-11-22(12-10-21)18(25)14-5-7-23(8-6-14)29(26,27)16-4-2-3-15-17(16)20-28-19-15/h2-4,14H,5-12H2,1H3. The zero-order valence-corrected chi connectivity index (χ0v) is 17.8. The van der Waals surface area contributed by atoms with Gasteiger partial charge in [0.15, 0.2) is 0 Å². The molecule has 0 spiro atoms. The van der Waals surface area contributed by atoms with Gasteiger partial charge in [-0.3, -0.25) is 9.59 Å². The summed E-state index contributed by atoms with van der Waals surface area (Å²) in [5.41, 5.74) is 0.977. The van der Waals surface area contributed by atoms with Crippen molar-refractivity contribution < 1.29 is 18.0 Å². The third-order valence-electron chi connectivity index (χ3n) is 5.71. The molecule has 0 aliphatic carbocycles. The number of amides is 2. The number of nitrogens with zero attached hydrogens (tertiary/aromatic N) is 5. The van der Waals surface area contributed by atoms with E-state index in [4.69, 9.17) is 0 Å². The molecule has 1 aromatic carbocycles. The van der Waals surface area contributed by atoms with Crippen molar-refractivity contribution in [3.8, 4) is 0 Å². The lowest BCUT2D eigenvalue weighted by Gasteiger charge is -2.38. The molecule has 2 fully saturated rings. The molecule has 2 aliphatic heterocycles. The fraction of sp³-hybridized carbons (Fsp3) is 0.556. The number of hydrogen-bond acceptors (Lipinski definition) is 7. The van der Waals surface area contributed by atoms with E-state index in [0.29, 0.717) is 63.1 Å². The molecule has 0 radical (unpaired) electrons. The Hall–Kier alpha value is -2.11. The number of carbonyl (C=O) groups excluding carboxylic acids is 2. The summed E-state index contributed by atoms with van der Waals surface area (Å²) in [4.78, 5) is 28.0. The summed E-state index contributed by atoms with van der Waals surface area (Å²) in [6.45, 7) is 4.33. The van der Waals surface area contributed by atoms with Gasteiger partial charge < -0.3 is 9.80 Å². The van der Waals surface area contributed by atoms with Crippen molar-refractivity contribution >= 4 is 44.6 Å². The summed E-state index contributed by atoms with van der Waals surface area (Å²) >= 11 is 0.994. The average molecular weight is 438 g/mol. The highest BCUT2D eigenvalue weighted by Crippen LogP contribution is 2.28. The van der Waals surface area contributed by atoms with Crippen molar-refractivity contribution in [1.29, 1.82) is 0 Å². The Morgan fingerprint density at radius 3 is 2.31 bits per heavy atom. The van der Waals surface area contributed by atoms with Crippen molar-refractivity contribution in [2.45, 2.75) is 24.7 Å². The number of rotatable bonds is 3. The molecule has 11 heteroatoms. The first-order valence-electron chi connectivity index (χ1n) is 9.63. The molecule has 0 unspecified atom stereocenters. The maximum Gasteiger partial charge on any atom is 0.245 e. The predicted octanol–water partition coefficient (Wildman–Crippen LogP) is 0.783. The Kier molecular flexibility index (Phi) is 5.54. The zero-order valence-electron chi connectivity index (χ0n) is 16.2. The molecule has 2 aliphatic rings. The maximum absolute atomic E-state index is 13.1. The van der Waals surface area contributed by atoms with Gasteiger partial charge in [0.1, 0.15) is 15.9 Å². The number of sulfonamides is 1. The monoisotopic (exact) mass is 437 g/mol. The first-order valence-corrected chi connectivity index (χ1v) is 11.8. The van der Waals surface area contributed by atoms with Crippen LogP contribution in [0.1, 0.15) is 19.8 Å². The van der Waals surface area contributed by atoms with E-state index in [1.165, 1.54) is 11.2 Å². The molecule has 2 saturated heterocycles. The Balaban J connectivity index is 1.40. The van der Waals surface area contributed by atoms with Gasteiger partial charge >= 0.3 is 0 Å². The van der Waals surface area contributed by atoms with E-state index in [0.717, 1.165) is 11.7 Å². The van der Waals surface area contributed by atoms with Crippen molar-refractivity contribution in [3.05, 3.63) is 18.2 Å². The normalized spacial score (nSPS) is 19.6. The Morgan fingerprint density at radius 1 is 1.00 bits per heavy atom. The van der Waals surface area contributed by atoms with Gasteiger partial charge in [0.05, 0.1) is 11.7 Å². The number of hydrogen-bond donors (Lipinski definition) is 0. The lowest BCUT2D eigenvalue weighted by atomic mass is 9.96. The molecule has 0 saturated carbocycles. The molecule has 29 heavy (non-hydrogen) atoms. The van der Waals surface area contributed by atoms with E-state index in [9.17, 15) is 18.0 Å². The van der Waals surface area contributed by atoms with Gasteiger partial charge in [-0.25, -0.2) is 8.42 Å². The number of fused-ring (bicyclic) bond motifs is 1. The van der Waals surface area contributed by atoms with E-state index < -0.39 is 10.0 Å². The van der Waals surface area contributed by atoms with Crippen molar-refractivity contribution in [3.63, 3.8) is 0 Å². The number of piperazine rings is 1. The van der Waals surface area contributed by atoms with Crippen LogP contribution in [-0.4, -0.2) is 82.4 Å². The third-order valence-corrected chi connectivity index (χ3v) is 8.18. The molecular weight excluding hydrogens is 414 g/mol. The van der Waals surface area contributed by atoms with Crippen molar-refractivity contribution in [2.75, 3.05) is 39.3 Å². The molecular formula is C18H23N5O4S2. The Bertz CT molecular complexity index is 1020. The van der Waals surface area contributed by atoms with Crippen LogP contribution in [0, 0.1) is 5.92 Å². The molecule has 156 valence electrons. The summed E-state index contributed by atoms with van der Waals surface area (Å²) in [6, 6.07) is 4.98. The lowest BCUT2D eigenvalue weighted by Crippen LogP contribution is -2.52. The van der Waals surface area contributed by atoms with Gasteiger partial charge in [-0.1, -0.05) is 6.07 Å². The van der Waals surface area contributed by atoms with Gasteiger partial charge in [-0.15, -0.1) is 0 Å². The minimum atomic E-state index is -3.68. The van der Waals surface area contributed by atoms with Crippen molar-refractivity contribution in [2.24, 2.45) is 5.92 Å². The predicted molar refractivity (Wildman–Crippen MR) is 108 cm³/mol. The molecule has 0 bridgehead atoms. The van der Waals surface area contributed by atoms with Gasteiger partial charge in [0, 0.05) is 52.1 Å². The van der Waals surface area contributed by atoms with E-state index >= 15 is 0 Å². The van der Waals surface area contributed by atoms with Crippen LogP contribution in [0.4, 0.5) is 0 Å². The minimum Gasteiger partial charge on any atom is -0.339 e. The highest BCUT2D eigenvalue weighted by atomic mass is 32.2. The number of piperidine rings is 1. The van der Waals surface area contributed by atoms with Gasteiger partial charge in [-0.05, 0) is 25.0 Å². The highest BCUT2D eigenvalue weighted by molar-refractivity contribution is 7.89. The van der Waals surface area contributed by atoms with E-state index in [2.05, 4.69) is 8.75 Å². The molecule has 3 heterocycles. The number of aromatic nitrogens is 2. The van der Waals surface area contributed by atoms with Crippen LogP contribution < -0.4 is 0 Å². The second-order valence-corrected chi connectivity index (χ2v) is 9.83. The number of benzene rings is 1. The van der Waals surface area contributed by atoms with Crippen LogP contribution in [0.3, 0.4) is 0 Å². The topological polar surface area (TPSA) is 104 Å². The van der Waals surface area contributed by atoms with E-state index in [1.807, 2.05) is 0 Å². The first kappa shape index (κ1) is 20.2. The van der Waals surface area contributed by atoms with Crippen LogP contribution in [0.2, 0.25) is 0 Å². The SMILES string of the molecule is CC(=O)N1CCN(C(=O)C2CCN(S(=O)(=O)c3cccc4nsnc34)CC2)CC1. The minimum absolute atomic E-state index is 0.0287. The smallest absolute Gasteiger partial charge is 0.245 e. The van der Waals surface area contributed by atoms with Gasteiger partial charge in [0.25, 0.3) is 0 Å². The van der Waals surface area contributed by atoms with E-state index in [-0.39, 0.29) is 22.6 Å². The third kappa shape index (κ3) is 3.86. The fourth-order valence-electron chi connectivity index (χ4n) is 3.97. The lowest BCUT2D eigenvalue weighted by molar-refractivity contribution is -0.142. The van der Waals surface area contributed by atoms with Crippen LogP contribution >= 0.6 is 11.7 Å². The quantitative estimate of drug-likeness (QED) is 0.703. The second-order valence-electron chi connectivity index (χ2n) is 7.40.